The fraction of sp³-hybridized carbons (Fsp3) is 0.444. The van der Waals surface area contributed by atoms with Crippen LogP contribution < -0.4 is 14.8 Å². The molecule has 0 aliphatic carbocycles. The Balaban J connectivity index is 1.32. The molecule has 10 heteroatoms. The number of likely N-dealkylation sites (tertiary alicyclic amines) is 1. The Labute approximate surface area is 271 Å². The third kappa shape index (κ3) is 10.5. The summed E-state index contributed by atoms with van der Waals surface area (Å²) < 4.78 is 28.6. The molecule has 1 saturated heterocycles. The molecule has 1 heterocycles. The summed E-state index contributed by atoms with van der Waals surface area (Å²) in [5.41, 5.74) is 4.64. The lowest BCUT2D eigenvalue weighted by Crippen LogP contribution is -2.46. The third-order valence-corrected chi connectivity index (χ3v) is 8.03. The molecule has 1 fully saturated rings. The molecule has 0 saturated carbocycles. The van der Waals surface area contributed by atoms with Crippen molar-refractivity contribution < 1.29 is 38.4 Å². The number of hydrogen-bond acceptors (Lipinski definition) is 7. The SMILES string of the molecule is COCCCC(=O)Nc1cc(C)ccc1COC1CN(C(=O)O)CCC1c1ccc(OCCCOCc2ccccc2OC)cc1. The van der Waals surface area contributed by atoms with Gasteiger partial charge in [0.2, 0.25) is 5.91 Å². The van der Waals surface area contributed by atoms with Crippen molar-refractivity contribution in [1.29, 1.82) is 0 Å². The first-order valence-corrected chi connectivity index (χ1v) is 15.8. The average molecular weight is 635 g/mol. The van der Waals surface area contributed by atoms with Crippen LogP contribution in [0.15, 0.2) is 66.7 Å². The summed E-state index contributed by atoms with van der Waals surface area (Å²) in [6, 6.07) is 21.6. The highest BCUT2D eigenvalue weighted by molar-refractivity contribution is 5.91. The van der Waals surface area contributed by atoms with Crippen LogP contribution in [0.4, 0.5) is 10.5 Å². The summed E-state index contributed by atoms with van der Waals surface area (Å²) in [6.07, 6.45) is 1.06. The van der Waals surface area contributed by atoms with Crippen LogP contribution in [0.1, 0.15) is 53.9 Å². The third-order valence-electron chi connectivity index (χ3n) is 8.03. The lowest BCUT2D eigenvalue weighted by Gasteiger charge is -2.37. The summed E-state index contributed by atoms with van der Waals surface area (Å²) in [6.45, 7) is 5.00. The minimum absolute atomic E-state index is 0.00515. The standard InChI is InChI=1S/C36H46N2O8/c1-26-11-12-28(32(22-26)37-35(39)10-6-19-42-2)25-46-34-23-38(36(40)41)18-17-31(34)27-13-15-30(16-14-27)45-21-7-20-44-24-29-8-4-5-9-33(29)43-3/h4-5,8-9,11-16,22,31,34H,6-7,10,17-21,23-25H2,1-3H3,(H,37,39)(H,40,41). The molecule has 10 nitrogen and oxygen atoms in total. The van der Waals surface area contributed by atoms with Gasteiger partial charge in [-0.2, -0.15) is 0 Å². The molecule has 46 heavy (non-hydrogen) atoms. The molecule has 0 aromatic heterocycles. The number of piperidine rings is 1. The summed E-state index contributed by atoms with van der Waals surface area (Å²) in [5, 5.41) is 12.7. The van der Waals surface area contributed by atoms with Crippen molar-refractivity contribution in [3.63, 3.8) is 0 Å². The largest absolute Gasteiger partial charge is 0.496 e. The lowest BCUT2D eigenvalue weighted by molar-refractivity contribution is -0.116. The smallest absolute Gasteiger partial charge is 0.407 e. The first-order valence-electron chi connectivity index (χ1n) is 15.8. The average Bonchev–Trinajstić information content (AvgIpc) is 3.06. The van der Waals surface area contributed by atoms with Gasteiger partial charge in [0.05, 0.1) is 46.2 Å². The van der Waals surface area contributed by atoms with Gasteiger partial charge < -0.3 is 39.0 Å². The van der Waals surface area contributed by atoms with Gasteiger partial charge in [-0.1, -0.05) is 42.5 Å². The Morgan fingerprint density at radius 2 is 1.74 bits per heavy atom. The number of hydrogen-bond donors (Lipinski definition) is 2. The van der Waals surface area contributed by atoms with E-state index in [9.17, 15) is 14.7 Å². The molecule has 3 aromatic carbocycles. The van der Waals surface area contributed by atoms with Crippen molar-refractivity contribution in [3.05, 3.63) is 89.0 Å². The summed E-state index contributed by atoms with van der Waals surface area (Å²) in [7, 11) is 3.27. The van der Waals surface area contributed by atoms with E-state index in [1.54, 1.807) is 14.2 Å². The molecule has 1 aliphatic rings. The van der Waals surface area contributed by atoms with Crippen molar-refractivity contribution in [1.82, 2.24) is 4.90 Å². The molecule has 0 bridgehead atoms. The van der Waals surface area contributed by atoms with Crippen LogP contribution >= 0.6 is 0 Å². The van der Waals surface area contributed by atoms with Gasteiger partial charge in [-0.15, -0.1) is 0 Å². The predicted molar refractivity (Wildman–Crippen MR) is 176 cm³/mol. The number of nitrogens with zero attached hydrogens (tertiary/aromatic N) is 1. The van der Waals surface area contributed by atoms with Crippen LogP contribution in [0.3, 0.4) is 0 Å². The highest BCUT2D eigenvalue weighted by Crippen LogP contribution is 2.33. The number of amides is 2. The van der Waals surface area contributed by atoms with Crippen LogP contribution in [0.25, 0.3) is 0 Å². The number of carboxylic acid groups (broad SMARTS) is 1. The van der Waals surface area contributed by atoms with E-state index >= 15 is 0 Å². The van der Waals surface area contributed by atoms with Gasteiger partial charge in [-0.3, -0.25) is 4.79 Å². The first kappa shape index (κ1) is 34.7. The molecule has 1 aliphatic heterocycles. The number of nitrogens with one attached hydrogen (secondary N) is 1. The monoisotopic (exact) mass is 634 g/mol. The molecule has 0 spiro atoms. The fourth-order valence-corrected chi connectivity index (χ4v) is 5.53. The van der Waals surface area contributed by atoms with Gasteiger partial charge >= 0.3 is 6.09 Å². The first-order chi connectivity index (χ1) is 22.4. The molecule has 2 unspecified atom stereocenters. The van der Waals surface area contributed by atoms with E-state index in [1.165, 1.54) is 4.90 Å². The Bertz CT molecular complexity index is 1400. The molecule has 2 amide bonds. The van der Waals surface area contributed by atoms with E-state index < -0.39 is 6.09 Å². The number of para-hydroxylation sites is 1. The van der Waals surface area contributed by atoms with Crippen molar-refractivity contribution in [3.8, 4) is 11.5 Å². The topological polar surface area (TPSA) is 116 Å². The zero-order valence-corrected chi connectivity index (χ0v) is 27.0. The number of carbonyl (C=O) groups is 2. The fourth-order valence-electron chi connectivity index (χ4n) is 5.53. The zero-order valence-electron chi connectivity index (χ0n) is 27.0. The van der Waals surface area contributed by atoms with Crippen LogP contribution in [0, 0.1) is 6.92 Å². The van der Waals surface area contributed by atoms with Crippen LogP contribution in [0.5, 0.6) is 11.5 Å². The van der Waals surface area contributed by atoms with Crippen LogP contribution in [-0.2, 0) is 32.2 Å². The van der Waals surface area contributed by atoms with E-state index in [-0.39, 0.29) is 31.1 Å². The molecule has 248 valence electrons. The van der Waals surface area contributed by atoms with Gasteiger partial charge in [0.1, 0.15) is 11.5 Å². The summed E-state index contributed by atoms with van der Waals surface area (Å²) in [4.78, 5) is 25.8. The maximum Gasteiger partial charge on any atom is 0.407 e. The number of rotatable bonds is 17. The highest BCUT2D eigenvalue weighted by Gasteiger charge is 2.33. The van der Waals surface area contributed by atoms with E-state index in [0.29, 0.717) is 57.9 Å². The zero-order chi connectivity index (χ0) is 32.7. The maximum atomic E-state index is 12.5. The maximum absolute atomic E-state index is 12.5. The Morgan fingerprint density at radius 3 is 2.50 bits per heavy atom. The van der Waals surface area contributed by atoms with Crippen molar-refractivity contribution >= 4 is 17.7 Å². The Morgan fingerprint density at radius 1 is 0.935 bits per heavy atom. The quantitative estimate of drug-likeness (QED) is 0.164. The summed E-state index contributed by atoms with van der Waals surface area (Å²) >= 11 is 0. The molecule has 3 aromatic rings. The predicted octanol–water partition coefficient (Wildman–Crippen LogP) is 6.41. The van der Waals surface area contributed by atoms with Crippen LogP contribution in [-0.4, -0.2) is 75.2 Å². The minimum Gasteiger partial charge on any atom is -0.496 e. The lowest BCUT2D eigenvalue weighted by atomic mass is 9.87. The van der Waals surface area contributed by atoms with E-state index in [1.807, 2.05) is 73.7 Å². The molecule has 4 rings (SSSR count). The number of aryl methyl sites for hydroxylation is 1. The number of benzene rings is 3. The number of anilines is 1. The van der Waals surface area contributed by atoms with E-state index in [2.05, 4.69) is 5.32 Å². The molecule has 0 radical (unpaired) electrons. The van der Waals surface area contributed by atoms with Gasteiger partial charge in [-0.25, -0.2) is 4.79 Å². The number of ether oxygens (including phenoxy) is 5. The summed E-state index contributed by atoms with van der Waals surface area (Å²) in [5.74, 6) is 1.50. The molecule has 2 atom stereocenters. The van der Waals surface area contributed by atoms with Gasteiger partial charge in [0.25, 0.3) is 0 Å². The molecular formula is C36H46N2O8. The molecular weight excluding hydrogens is 588 g/mol. The molecule has 2 N–H and O–H groups in total. The van der Waals surface area contributed by atoms with Gasteiger partial charge in [0, 0.05) is 55.8 Å². The van der Waals surface area contributed by atoms with E-state index in [0.717, 1.165) is 40.2 Å². The second-order valence-electron chi connectivity index (χ2n) is 11.4. The van der Waals surface area contributed by atoms with E-state index in [4.69, 9.17) is 23.7 Å². The minimum atomic E-state index is -0.956. The Hall–Kier alpha value is -4.12. The van der Waals surface area contributed by atoms with Gasteiger partial charge in [-0.05, 0) is 55.2 Å². The normalized spacial score (nSPS) is 16.2. The van der Waals surface area contributed by atoms with Crippen LogP contribution in [0.2, 0.25) is 0 Å². The van der Waals surface area contributed by atoms with Gasteiger partial charge in [0.15, 0.2) is 0 Å². The Kier molecular flexibility index (Phi) is 13.7. The number of methoxy groups -OCH3 is 2. The second-order valence-corrected chi connectivity index (χ2v) is 11.4. The second kappa shape index (κ2) is 18.1. The van der Waals surface area contributed by atoms with Crippen molar-refractivity contribution in [2.24, 2.45) is 0 Å². The number of carbonyl (C=O) groups excluding carboxylic acids is 1. The highest BCUT2D eigenvalue weighted by atomic mass is 16.5. The van der Waals surface area contributed by atoms with Crippen molar-refractivity contribution in [2.75, 3.05) is 52.4 Å². The van der Waals surface area contributed by atoms with Crippen molar-refractivity contribution in [2.45, 2.75) is 57.8 Å².